The molecule has 1 N–H and O–H groups in total. The average Bonchev–Trinajstić information content (AvgIpc) is 2.22. The highest BCUT2D eigenvalue weighted by atomic mass is 127. The van der Waals surface area contributed by atoms with Crippen LogP contribution in [0.1, 0.15) is 20.8 Å². The summed E-state index contributed by atoms with van der Waals surface area (Å²) in [4.78, 5) is 2.48. The maximum atomic E-state index is 3.68. The summed E-state index contributed by atoms with van der Waals surface area (Å²) in [5.74, 6) is 0. The summed E-state index contributed by atoms with van der Waals surface area (Å²) in [6, 6.07) is 7.09. The first-order chi connectivity index (χ1) is 7.89. The van der Waals surface area contributed by atoms with Gasteiger partial charge in [0.15, 0.2) is 0 Å². The van der Waals surface area contributed by atoms with E-state index in [0.717, 1.165) is 13.1 Å². The third kappa shape index (κ3) is 3.15. The van der Waals surface area contributed by atoms with Crippen LogP contribution in [0.5, 0.6) is 0 Å². The first-order valence-electron chi connectivity index (χ1n) is 5.86. The van der Waals surface area contributed by atoms with Gasteiger partial charge in [0.2, 0.25) is 0 Å². The molecular weight excluding hydrogens is 391 g/mol. The zero-order valence-corrected chi connectivity index (χ0v) is 14.2. The van der Waals surface area contributed by atoms with Gasteiger partial charge >= 0.3 is 0 Å². The molecule has 1 atom stereocenters. The van der Waals surface area contributed by atoms with Gasteiger partial charge in [-0.15, -0.1) is 0 Å². The Labute approximate surface area is 125 Å². The van der Waals surface area contributed by atoms with E-state index in [9.17, 15) is 0 Å². The molecule has 1 heterocycles. The lowest BCUT2D eigenvalue weighted by atomic mass is 9.98. The average molecular weight is 409 g/mol. The predicted octanol–water partition coefficient (Wildman–Crippen LogP) is 3.63. The Hall–Kier alpha value is 0.190. The number of halogens is 2. The molecule has 94 valence electrons. The molecule has 17 heavy (non-hydrogen) atoms. The minimum absolute atomic E-state index is 0.176. The predicted molar refractivity (Wildman–Crippen MR) is 85.7 cm³/mol. The van der Waals surface area contributed by atoms with Crippen molar-refractivity contribution in [1.29, 1.82) is 0 Å². The molecule has 0 aromatic heterocycles. The van der Waals surface area contributed by atoms with Crippen molar-refractivity contribution in [2.24, 2.45) is 0 Å². The summed E-state index contributed by atoms with van der Waals surface area (Å²) >= 11 is 6.03. The molecule has 2 nitrogen and oxygen atoms in total. The molecule has 1 aliphatic rings. The van der Waals surface area contributed by atoms with Gasteiger partial charge in [0.05, 0.1) is 5.69 Å². The maximum Gasteiger partial charge on any atom is 0.0514 e. The highest BCUT2D eigenvalue weighted by Crippen LogP contribution is 2.31. The third-order valence-electron chi connectivity index (χ3n) is 3.19. The molecule has 0 radical (unpaired) electrons. The van der Waals surface area contributed by atoms with Gasteiger partial charge in [-0.05, 0) is 77.5 Å². The summed E-state index contributed by atoms with van der Waals surface area (Å²) in [5.41, 5.74) is 1.47. The van der Waals surface area contributed by atoms with E-state index in [0.29, 0.717) is 6.04 Å². The van der Waals surface area contributed by atoms with Gasteiger partial charge in [0, 0.05) is 32.7 Å². The molecule has 1 unspecified atom stereocenters. The van der Waals surface area contributed by atoms with Crippen LogP contribution < -0.4 is 10.2 Å². The molecule has 1 fully saturated rings. The van der Waals surface area contributed by atoms with Crippen molar-refractivity contribution in [2.75, 3.05) is 18.0 Å². The molecule has 0 saturated carbocycles. The minimum atomic E-state index is 0.176. The lowest BCUT2D eigenvalue weighted by Crippen LogP contribution is -2.61. The maximum absolute atomic E-state index is 3.68. The number of piperazine rings is 1. The van der Waals surface area contributed by atoms with E-state index in [-0.39, 0.29) is 5.54 Å². The van der Waals surface area contributed by atoms with Crippen LogP contribution in [-0.2, 0) is 0 Å². The summed E-state index contributed by atoms with van der Waals surface area (Å²) in [5, 5.41) is 3.58. The standard InChI is InChI=1S/C13H18BrIN2/c1-9-7-16-13(2,3)8-17(9)12-5-4-10(15)6-11(12)14/h4-6,9,16H,7-8H2,1-3H3. The molecule has 0 amide bonds. The number of nitrogens with zero attached hydrogens (tertiary/aromatic N) is 1. The molecule has 0 spiro atoms. The molecule has 4 heteroatoms. The van der Waals surface area contributed by atoms with Gasteiger partial charge in [-0.3, -0.25) is 0 Å². The molecule has 0 bridgehead atoms. The number of anilines is 1. The van der Waals surface area contributed by atoms with Gasteiger partial charge in [-0.1, -0.05) is 0 Å². The fourth-order valence-corrected chi connectivity index (χ4v) is 3.73. The first kappa shape index (κ1) is 13.6. The van der Waals surface area contributed by atoms with Crippen LogP contribution in [-0.4, -0.2) is 24.7 Å². The highest BCUT2D eigenvalue weighted by molar-refractivity contribution is 14.1. The largest absolute Gasteiger partial charge is 0.365 e. The normalized spacial score (nSPS) is 23.8. The molecule has 1 saturated heterocycles. The number of hydrogen-bond donors (Lipinski definition) is 1. The van der Waals surface area contributed by atoms with E-state index < -0.39 is 0 Å². The topological polar surface area (TPSA) is 15.3 Å². The van der Waals surface area contributed by atoms with Crippen LogP contribution in [0.25, 0.3) is 0 Å². The van der Waals surface area contributed by atoms with Crippen molar-refractivity contribution in [1.82, 2.24) is 5.32 Å². The Bertz CT molecular complexity index is 420. The summed E-state index contributed by atoms with van der Waals surface area (Å²) in [6.45, 7) is 8.85. The van der Waals surface area contributed by atoms with Crippen molar-refractivity contribution in [2.45, 2.75) is 32.4 Å². The second kappa shape index (κ2) is 5.05. The first-order valence-corrected chi connectivity index (χ1v) is 7.73. The van der Waals surface area contributed by atoms with Crippen LogP contribution >= 0.6 is 38.5 Å². The van der Waals surface area contributed by atoms with Gasteiger partial charge in [0.1, 0.15) is 0 Å². The van der Waals surface area contributed by atoms with Crippen molar-refractivity contribution >= 4 is 44.2 Å². The van der Waals surface area contributed by atoms with Crippen LogP contribution in [0.15, 0.2) is 22.7 Å². The Morgan fingerprint density at radius 2 is 2.18 bits per heavy atom. The summed E-state index contributed by atoms with van der Waals surface area (Å²) in [7, 11) is 0. The second-order valence-corrected chi connectivity index (χ2v) is 7.44. The van der Waals surface area contributed by atoms with E-state index in [1.807, 2.05) is 0 Å². The lowest BCUT2D eigenvalue weighted by molar-refractivity contribution is 0.318. The summed E-state index contributed by atoms with van der Waals surface area (Å²) in [6.07, 6.45) is 0. The number of hydrogen-bond acceptors (Lipinski definition) is 2. The molecule has 1 aromatic rings. The van der Waals surface area contributed by atoms with E-state index in [1.54, 1.807) is 0 Å². The van der Waals surface area contributed by atoms with Crippen LogP contribution in [0.2, 0.25) is 0 Å². The number of benzene rings is 1. The van der Waals surface area contributed by atoms with Gasteiger partial charge < -0.3 is 10.2 Å². The van der Waals surface area contributed by atoms with E-state index >= 15 is 0 Å². The highest BCUT2D eigenvalue weighted by Gasteiger charge is 2.30. The fraction of sp³-hybridized carbons (Fsp3) is 0.538. The van der Waals surface area contributed by atoms with Crippen molar-refractivity contribution < 1.29 is 0 Å². The van der Waals surface area contributed by atoms with Gasteiger partial charge in [-0.25, -0.2) is 0 Å². The molecular formula is C13H18BrIN2. The summed E-state index contributed by atoms with van der Waals surface area (Å²) < 4.78 is 2.45. The second-order valence-electron chi connectivity index (χ2n) is 5.34. The van der Waals surface area contributed by atoms with Crippen LogP contribution in [0, 0.1) is 3.57 Å². The van der Waals surface area contributed by atoms with E-state index in [2.05, 4.69) is 87.7 Å². The lowest BCUT2D eigenvalue weighted by Gasteiger charge is -2.45. The molecule has 1 aliphatic heterocycles. The Morgan fingerprint density at radius 3 is 2.82 bits per heavy atom. The zero-order chi connectivity index (χ0) is 12.6. The SMILES string of the molecule is CC1CNC(C)(C)CN1c1ccc(I)cc1Br. The monoisotopic (exact) mass is 408 g/mol. The quantitative estimate of drug-likeness (QED) is 0.713. The third-order valence-corrected chi connectivity index (χ3v) is 4.50. The van der Waals surface area contributed by atoms with Crippen LogP contribution in [0.3, 0.4) is 0 Å². The van der Waals surface area contributed by atoms with Gasteiger partial charge in [-0.2, -0.15) is 0 Å². The zero-order valence-electron chi connectivity index (χ0n) is 10.4. The van der Waals surface area contributed by atoms with Crippen LogP contribution in [0.4, 0.5) is 5.69 Å². The Balaban J connectivity index is 2.31. The van der Waals surface area contributed by atoms with E-state index in [4.69, 9.17) is 0 Å². The van der Waals surface area contributed by atoms with E-state index in [1.165, 1.54) is 13.7 Å². The minimum Gasteiger partial charge on any atom is -0.365 e. The Kier molecular flexibility index (Phi) is 4.05. The Morgan fingerprint density at radius 1 is 1.47 bits per heavy atom. The van der Waals surface area contributed by atoms with Crippen molar-refractivity contribution in [3.8, 4) is 0 Å². The van der Waals surface area contributed by atoms with Crippen molar-refractivity contribution in [3.63, 3.8) is 0 Å². The molecule has 1 aromatic carbocycles. The smallest absolute Gasteiger partial charge is 0.0514 e. The van der Waals surface area contributed by atoms with Crippen molar-refractivity contribution in [3.05, 3.63) is 26.2 Å². The molecule has 0 aliphatic carbocycles. The number of rotatable bonds is 1. The molecule has 2 rings (SSSR count). The number of nitrogens with one attached hydrogen (secondary N) is 1. The fourth-order valence-electron chi connectivity index (χ4n) is 2.21. The van der Waals surface area contributed by atoms with Gasteiger partial charge in [0.25, 0.3) is 0 Å².